The summed E-state index contributed by atoms with van der Waals surface area (Å²) in [7, 11) is 0. The molecule has 0 fully saturated rings. The first kappa shape index (κ1) is 13.2. The molecular formula is C13H14ClNO2. The number of nitrogen functional groups attached to an aromatic ring is 1. The number of nitrogens with two attached hydrogens (primary N) is 1. The Morgan fingerprint density at radius 2 is 1.59 bits per heavy atom. The van der Waals surface area contributed by atoms with E-state index in [1.54, 1.807) is 30.3 Å². The Morgan fingerprint density at radius 3 is 2.18 bits per heavy atom. The van der Waals surface area contributed by atoms with Gasteiger partial charge in [-0.25, -0.2) is 0 Å². The van der Waals surface area contributed by atoms with Crippen LogP contribution in [0.3, 0.4) is 0 Å². The van der Waals surface area contributed by atoms with Crippen molar-refractivity contribution in [2.75, 3.05) is 5.73 Å². The largest absolute Gasteiger partial charge is 0.508 e. The van der Waals surface area contributed by atoms with Gasteiger partial charge in [0.1, 0.15) is 11.5 Å². The number of phenolic OH excluding ortho intramolecular Hbond substituents is 2. The third kappa shape index (κ3) is 2.63. The summed E-state index contributed by atoms with van der Waals surface area (Å²) in [5.74, 6) is 0.366. The van der Waals surface area contributed by atoms with E-state index < -0.39 is 0 Å². The Kier molecular flexibility index (Phi) is 3.86. The fourth-order valence-electron chi connectivity index (χ4n) is 1.73. The van der Waals surface area contributed by atoms with Crippen LogP contribution in [0.25, 0.3) is 11.1 Å². The lowest BCUT2D eigenvalue weighted by molar-refractivity contribution is 0.474. The van der Waals surface area contributed by atoms with E-state index in [9.17, 15) is 10.2 Å². The summed E-state index contributed by atoms with van der Waals surface area (Å²) in [6, 6.07) is 10.0. The van der Waals surface area contributed by atoms with E-state index in [1.807, 2.05) is 6.92 Å². The summed E-state index contributed by atoms with van der Waals surface area (Å²) >= 11 is 0. The van der Waals surface area contributed by atoms with Crippen LogP contribution in [0.4, 0.5) is 5.69 Å². The lowest BCUT2D eigenvalue weighted by atomic mass is 9.99. The van der Waals surface area contributed by atoms with Gasteiger partial charge in [0.15, 0.2) is 0 Å². The first-order valence-corrected chi connectivity index (χ1v) is 4.96. The molecule has 3 nitrogen and oxygen atoms in total. The lowest BCUT2D eigenvalue weighted by Gasteiger charge is -2.09. The van der Waals surface area contributed by atoms with Gasteiger partial charge in [-0.3, -0.25) is 0 Å². The van der Waals surface area contributed by atoms with Crippen LogP contribution < -0.4 is 5.73 Å². The van der Waals surface area contributed by atoms with Gasteiger partial charge in [-0.2, -0.15) is 0 Å². The molecule has 2 aromatic carbocycles. The maximum absolute atomic E-state index is 9.80. The van der Waals surface area contributed by atoms with Gasteiger partial charge < -0.3 is 15.9 Å². The average molecular weight is 252 g/mol. The molecule has 4 heteroatoms. The van der Waals surface area contributed by atoms with E-state index in [0.29, 0.717) is 11.3 Å². The Balaban J connectivity index is 0.00000144. The topological polar surface area (TPSA) is 66.5 Å². The van der Waals surface area contributed by atoms with Crippen LogP contribution in [-0.4, -0.2) is 10.2 Å². The molecule has 0 heterocycles. The minimum Gasteiger partial charge on any atom is -0.508 e. The fourth-order valence-corrected chi connectivity index (χ4v) is 1.73. The van der Waals surface area contributed by atoms with Crippen LogP contribution in [0.5, 0.6) is 11.5 Å². The highest BCUT2D eigenvalue weighted by Crippen LogP contribution is 2.33. The number of phenols is 2. The van der Waals surface area contributed by atoms with Crippen molar-refractivity contribution in [1.82, 2.24) is 0 Å². The third-order valence-corrected chi connectivity index (χ3v) is 2.52. The maximum Gasteiger partial charge on any atom is 0.125 e. The van der Waals surface area contributed by atoms with Crippen LogP contribution in [0.2, 0.25) is 0 Å². The van der Waals surface area contributed by atoms with Crippen LogP contribution >= 0.6 is 12.4 Å². The van der Waals surface area contributed by atoms with Gasteiger partial charge in [0.2, 0.25) is 0 Å². The molecule has 2 rings (SSSR count). The molecular weight excluding hydrogens is 238 g/mol. The maximum atomic E-state index is 9.80. The second-order valence-corrected chi connectivity index (χ2v) is 3.78. The smallest absolute Gasteiger partial charge is 0.125 e. The van der Waals surface area contributed by atoms with E-state index in [2.05, 4.69) is 0 Å². The van der Waals surface area contributed by atoms with Gasteiger partial charge in [0.05, 0.1) is 0 Å². The molecule has 4 N–H and O–H groups in total. The van der Waals surface area contributed by atoms with Crippen LogP contribution in [0.15, 0.2) is 36.4 Å². The quantitative estimate of drug-likeness (QED) is 0.683. The fraction of sp³-hybridized carbons (Fsp3) is 0.0769. The number of anilines is 1. The molecule has 17 heavy (non-hydrogen) atoms. The summed E-state index contributed by atoms with van der Waals surface area (Å²) in [4.78, 5) is 0. The molecule has 0 amide bonds. The highest BCUT2D eigenvalue weighted by Gasteiger charge is 2.07. The summed E-state index contributed by atoms with van der Waals surface area (Å²) in [5, 5.41) is 19.1. The number of hydrogen-bond donors (Lipinski definition) is 3. The normalized spacial score (nSPS) is 9.71. The summed E-state index contributed by atoms with van der Waals surface area (Å²) in [6.45, 7) is 1.88. The second-order valence-electron chi connectivity index (χ2n) is 3.78. The van der Waals surface area contributed by atoms with Crippen molar-refractivity contribution < 1.29 is 10.2 Å². The van der Waals surface area contributed by atoms with Crippen molar-refractivity contribution in [2.45, 2.75) is 6.92 Å². The number of rotatable bonds is 1. The van der Waals surface area contributed by atoms with Crippen molar-refractivity contribution in [3.05, 3.63) is 42.0 Å². The first-order chi connectivity index (χ1) is 7.58. The minimum absolute atomic E-state index is 0. The molecule has 0 radical (unpaired) electrons. The summed E-state index contributed by atoms with van der Waals surface area (Å²) in [5.41, 5.74) is 8.60. The molecule has 90 valence electrons. The van der Waals surface area contributed by atoms with Crippen molar-refractivity contribution >= 4 is 18.1 Å². The first-order valence-electron chi connectivity index (χ1n) is 4.96. The van der Waals surface area contributed by atoms with Crippen LogP contribution in [-0.2, 0) is 0 Å². The van der Waals surface area contributed by atoms with Crippen LogP contribution in [0, 0.1) is 6.92 Å². The number of aromatic hydroxyl groups is 2. The van der Waals surface area contributed by atoms with Gasteiger partial charge in [0, 0.05) is 17.3 Å². The average Bonchev–Trinajstić information content (AvgIpc) is 2.19. The summed E-state index contributed by atoms with van der Waals surface area (Å²) in [6.07, 6.45) is 0. The highest BCUT2D eigenvalue weighted by atomic mass is 35.5. The SMILES string of the molecule is Cc1cc(O)ccc1-c1ccc(N)cc1O.Cl. The molecule has 0 spiro atoms. The molecule has 0 bridgehead atoms. The molecule has 0 aliphatic heterocycles. The minimum atomic E-state index is 0. The predicted octanol–water partition coefficient (Wildman–Crippen LogP) is 3.08. The van der Waals surface area contributed by atoms with Gasteiger partial charge in [-0.1, -0.05) is 6.07 Å². The molecule has 0 atom stereocenters. The Hall–Kier alpha value is -1.87. The zero-order valence-corrected chi connectivity index (χ0v) is 10.2. The number of halogens is 1. The van der Waals surface area contributed by atoms with Gasteiger partial charge in [-0.05, 0) is 42.3 Å². The van der Waals surface area contributed by atoms with Gasteiger partial charge in [-0.15, -0.1) is 12.4 Å². The third-order valence-electron chi connectivity index (χ3n) is 2.52. The molecule has 0 unspecified atom stereocenters. The number of hydrogen-bond acceptors (Lipinski definition) is 3. The number of benzene rings is 2. The van der Waals surface area contributed by atoms with Gasteiger partial charge in [0.25, 0.3) is 0 Å². The van der Waals surface area contributed by atoms with Crippen LogP contribution in [0.1, 0.15) is 5.56 Å². The van der Waals surface area contributed by atoms with E-state index in [4.69, 9.17) is 5.73 Å². The van der Waals surface area contributed by atoms with E-state index in [1.165, 1.54) is 6.07 Å². The monoisotopic (exact) mass is 251 g/mol. The van der Waals surface area contributed by atoms with E-state index >= 15 is 0 Å². The van der Waals surface area contributed by atoms with Crippen molar-refractivity contribution in [2.24, 2.45) is 0 Å². The lowest BCUT2D eigenvalue weighted by Crippen LogP contribution is -1.87. The standard InChI is InChI=1S/C13H13NO2.ClH/c1-8-6-10(15)3-5-11(8)12-4-2-9(14)7-13(12)16;/h2-7,15-16H,14H2,1H3;1H. The van der Waals surface area contributed by atoms with Crippen molar-refractivity contribution in [1.29, 1.82) is 0 Å². The molecule has 0 saturated carbocycles. The van der Waals surface area contributed by atoms with Gasteiger partial charge >= 0.3 is 0 Å². The Bertz CT molecular complexity index is 491. The summed E-state index contributed by atoms with van der Waals surface area (Å²) < 4.78 is 0. The molecule has 0 aliphatic carbocycles. The zero-order valence-electron chi connectivity index (χ0n) is 9.34. The Labute approximate surface area is 106 Å². The second kappa shape index (κ2) is 4.97. The molecule has 0 aliphatic rings. The van der Waals surface area contributed by atoms with E-state index in [-0.39, 0.29) is 23.9 Å². The molecule has 0 saturated heterocycles. The predicted molar refractivity (Wildman–Crippen MR) is 71.6 cm³/mol. The zero-order chi connectivity index (χ0) is 11.7. The number of aryl methyl sites for hydroxylation is 1. The highest BCUT2D eigenvalue weighted by molar-refractivity contribution is 5.85. The molecule has 2 aromatic rings. The molecule has 0 aromatic heterocycles. The van der Waals surface area contributed by atoms with Crippen molar-refractivity contribution in [3.63, 3.8) is 0 Å². The van der Waals surface area contributed by atoms with Crippen molar-refractivity contribution in [3.8, 4) is 22.6 Å². The Morgan fingerprint density at radius 1 is 0.941 bits per heavy atom. The van der Waals surface area contributed by atoms with E-state index in [0.717, 1.165) is 11.1 Å².